The highest BCUT2D eigenvalue weighted by Crippen LogP contribution is 2.51. The SMILES string of the molecule is C=C1C(=O)O[C@H]2C[C@](C)(O)C3=CC[C@](C)(O)[C@@H]3C[C@H]12. The molecule has 0 radical (unpaired) electrons. The van der Waals surface area contributed by atoms with Crippen LogP contribution >= 0.6 is 0 Å². The molecule has 2 N–H and O–H groups in total. The van der Waals surface area contributed by atoms with E-state index < -0.39 is 11.2 Å². The Morgan fingerprint density at radius 3 is 2.79 bits per heavy atom. The van der Waals surface area contributed by atoms with Crippen LogP contribution in [0.2, 0.25) is 0 Å². The first-order valence-corrected chi connectivity index (χ1v) is 6.77. The van der Waals surface area contributed by atoms with Crippen LogP contribution in [0, 0.1) is 11.8 Å². The smallest absolute Gasteiger partial charge is 0.334 e. The van der Waals surface area contributed by atoms with Gasteiger partial charge < -0.3 is 14.9 Å². The molecule has 2 fully saturated rings. The zero-order valence-corrected chi connectivity index (χ0v) is 11.3. The van der Waals surface area contributed by atoms with Gasteiger partial charge in [0.25, 0.3) is 0 Å². The third kappa shape index (κ3) is 1.77. The van der Waals surface area contributed by atoms with Crippen LogP contribution < -0.4 is 0 Å². The standard InChI is InChI=1S/C15H20O4/c1-8-9-6-11-10(4-5-14(11,2)17)15(3,18)7-12(9)19-13(8)16/h4,9,11-12,17-18H,1,5-7H2,2-3H3/t9-,11-,12+,14+,15+/m1/s1. The minimum atomic E-state index is -1.03. The van der Waals surface area contributed by atoms with Crippen LogP contribution in [0.1, 0.15) is 33.1 Å². The molecule has 5 atom stereocenters. The summed E-state index contributed by atoms with van der Waals surface area (Å²) in [4.78, 5) is 11.6. The lowest BCUT2D eigenvalue weighted by Gasteiger charge is -2.33. The van der Waals surface area contributed by atoms with Gasteiger partial charge in [-0.05, 0) is 32.3 Å². The van der Waals surface area contributed by atoms with Crippen molar-refractivity contribution in [1.82, 2.24) is 0 Å². The Labute approximate surface area is 112 Å². The number of hydrogen-bond donors (Lipinski definition) is 2. The average Bonchev–Trinajstić information content (AvgIpc) is 2.66. The van der Waals surface area contributed by atoms with Crippen LogP contribution in [-0.4, -0.2) is 33.5 Å². The molecule has 0 spiro atoms. The topological polar surface area (TPSA) is 66.8 Å². The Balaban J connectivity index is 2.02. The molecular weight excluding hydrogens is 244 g/mol. The predicted octanol–water partition coefficient (Wildman–Crippen LogP) is 1.33. The Kier molecular flexibility index (Phi) is 2.51. The van der Waals surface area contributed by atoms with Gasteiger partial charge in [-0.3, -0.25) is 0 Å². The minimum absolute atomic E-state index is 0.0977. The summed E-state index contributed by atoms with van der Waals surface area (Å²) in [7, 11) is 0. The van der Waals surface area contributed by atoms with Crippen molar-refractivity contribution in [3.63, 3.8) is 0 Å². The van der Waals surface area contributed by atoms with Crippen LogP contribution in [0.4, 0.5) is 0 Å². The van der Waals surface area contributed by atoms with E-state index in [-0.39, 0.29) is 23.9 Å². The van der Waals surface area contributed by atoms with E-state index in [0.29, 0.717) is 24.8 Å². The summed E-state index contributed by atoms with van der Waals surface area (Å²) in [6, 6.07) is 0. The first kappa shape index (κ1) is 12.9. The highest BCUT2D eigenvalue weighted by Gasteiger charge is 2.54. The summed E-state index contributed by atoms with van der Waals surface area (Å²) < 4.78 is 5.32. The van der Waals surface area contributed by atoms with Gasteiger partial charge in [-0.25, -0.2) is 4.79 Å². The van der Waals surface area contributed by atoms with E-state index in [0.717, 1.165) is 5.57 Å². The number of rotatable bonds is 0. The van der Waals surface area contributed by atoms with Gasteiger partial charge >= 0.3 is 5.97 Å². The zero-order valence-electron chi connectivity index (χ0n) is 11.3. The van der Waals surface area contributed by atoms with Crippen molar-refractivity contribution in [2.45, 2.75) is 50.4 Å². The van der Waals surface area contributed by atoms with Crippen molar-refractivity contribution in [1.29, 1.82) is 0 Å². The highest BCUT2D eigenvalue weighted by molar-refractivity contribution is 5.90. The van der Waals surface area contributed by atoms with Gasteiger partial charge in [0.15, 0.2) is 0 Å². The summed E-state index contributed by atoms with van der Waals surface area (Å²) >= 11 is 0. The van der Waals surface area contributed by atoms with E-state index in [1.165, 1.54) is 0 Å². The number of hydrogen-bond acceptors (Lipinski definition) is 4. The second-order valence-corrected chi connectivity index (χ2v) is 6.56. The molecule has 19 heavy (non-hydrogen) atoms. The lowest BCUT2D eigenvalue weighted by Crippen LogP contribution is -2.37. The van der Waals surface area contributed by atoms with E-state index in [2.05, 4.69) is 6.58 Å². The lowest BCUT2D eigenvalue weighted by atomic mass is 9.78. The number of esters is 1. The van der Waals surface area contributed by atoms with Crippen molar-refractivity contribution in [3.05, 3.63) is 23.8 Å². The molecule has 0 aromatic carbocycles. The number of aliphatic hydroxyl groups is 2. The van der Waals surface area contributed by atoms with E-state index in [4.69, 9.17) is 4.74 Å². The number of ether oxygens (including phenoxy) is 1. The molecule has 1 saturated heterocycles. The second kappa shape index (κ2) is 3.70. The van der Waals surface area contributed by atoms with Crippen LogP contribution in [0.3, 0.4) is 0 Å². The fourth-order valence-electron chi connectivity index (χ4n) is 3.82. The van der Waals surface area contributed by atoms with E-state index >= 15 is 0 Å². The van der Waals surface area contributed by atoms with Crippen LogP contribution in [0.25, 0.3) is 0 Å². The Morgan fingerprint density at radius 1 is 1.42 bits per heavy atom. The molecule has 3 aliphatic rings. The maximum Gasteiger partial charge on any atom is 0.334 e. The molecule has 0 aromatic rings. The summed E-state index contributed by atoms with van der Waals surface area (Å²) in [5, 5.41) is 21.2. The summed E-state index contributed by atoms with van der Waals surface area (Å²) in [5.74, 6) is -0.598. The molecule has 2 aliphatic carbocycles. The third-order valence-corrected chi connectivity index (χ3v) is 4.99. The predicted molar refractivity (Wildman–Crippen MR) is 69.2 cm³/mol. The van der Waals surface area contributed by atoms with Crippen molar-refractivity contribution >= 4 is 5.97 Å². The van der Waals surface area contributed by atoms with Gasteiger partial charge in [0.1, 0.15) is 6.10 Å². The van der Waals surface area contributed by atoms with E-state index in [9.17, 15) is 15.0 Å². The maximum atomic E-state index is 11.6. The maximum absolute atomic E-state index is 11.6. The summed E-state index contributed by atoms with van der Waals surface area (Å²) in [6.45, 7) is 7.34. The van der Waals surface area contributed by atoms with Crippen molar-refractivity contribution < 1.29 is 19.7 Å². The van der Waals surface area contributed by atoms with Gasteiger partial charge in [0.05, 0.1) is 11.2 Å². The number of fused-ring (bicyclic) bond motifs is 2. The van der Waals surface area contributed by atoms with Crippen molar-refractivity contribution in [2.24, 2.45) is 11.8 Å². The molecule has 0 bridgehead atoms. The van der Waals surface area contributed by atoms with Gasteiger partial charge in [0, 0.05) is 23.8 Å². The summed E-state index contributed by atoms with van der Waals surface area (Å²) in [6.07, 6.45) is 3.15. The Hall–Kier alpha value is -1.13. The lowest BCUT2D eigenvalue weighted by molar-refractivity contribution is -0.140. The molecule has 3 rings (SSSR count). The fraction of sp³-hybridized carbons (Fsp3) is 0.667. The van der Waals surface area contributed by atoms with Crippen LogP contribution in [-0.2, 0) is 9.53 Å². The normalized spacial score (nSPS) is 49.3. The molecule has 4 nitrogen and oxygen atoms in total. The van der Waals surface area contributed by atoms with Gasteiger partial charge in [-0.15, -0.1) is 0 Å². The molecule has 1 aliphatic heterocycles. The molecule has 4 heteroatoms. The monoisotopic (exact) mass is 264 g/mol. The molecule has 104 valence electrons. The first-order valence-electron chi connectivity index (χ1n) is 6.77. The minimum Gasteiger partial charge on any atom is -0.458 e. The molecule has 0 aromatic heterocycles. The van der Waals surface area contributed by atoms with E-state index in [1.54, 1.807) is 13.8 Å². The van der Waals surface area contributed by atoms with Crippen molar-refractivity contribution in [3.8, 4) is 0 Å². The molecule has 0 unspecified atom stereocenters. The average molecular weight is 264 g/mol. The summed E-state index contributed by atoms with van der Waals surface area (Å²) in [5.41, 5.74) is -0.532. The highest BCUT2D eigenvalue weighted by atomic mass is 16.6. The molecule has 0 amide bonds. The second-order valence-electron chi connectivity index (χ2n) is 6.56. The van der Waals surface area contributed by atoms with Crippen LogP contribution in [0.5, 0.6) is 0 Å². The Bertz CT molecular complexity index is 486. The molecule has 1 saturated carbocycles. The van der Waals surface area contributed by atoms with Gasteiger partial charge in [-0.1, -0.05) is 12.7 Å². The quantitative estimate of drug-likeness (QED) is 0.393. The van der Waals surface area contributed by atoms with Gasteiger partial charge in [-0.2, -0.15) is 0 Å². The van der Waals surface area contributed by atoms with Crippen molar-refractivity contribution in [2.75, 3.05) is 0 Å². The Morgan fingerprint density at radius 2 is 2.11 bits per heavy atom. The first-order chi connectivity index (χ1) is 8.72. The molecular formula is C15H20O4. The third-order valence-electron chi connectivity index (χ3n) is 4.99. The number of carbonyl (C=O) groups is 1. The molecule has 1 heterocycles. The fourth-order valence-corrected chi connectivity index (χ4v) is 3.82. The number of carbonyl (C=O) groups excluding carboxylic acids is 1. The van der Waals surface area contributed by atoms with Crippen LogP contribution in [0.15, 0.2) is 23.8 Å². The van der Waals surface area contributed by atoms with Gasteiger partial charge in [0.2, 0.25) is 0 Å². The van der Waals surface area contributed by atoms with E-state index in [1.807, 2.05) is 6.08 Å². The zero-order chi connectivity index (χ0) is 14.0. The largest absolute Gasteiger partial charge is 0.458 e.